The monoisotopic (exact) mass is 258 g/mol. The number of aryl methyl sites for hydroxylation is 1. The second kappa shape index (κ2) is 5.33. The molecular weight excluding hydrogens is 236 g/mol. The summed E-state index contributed by atoms with van der Waals surface area (Å²) in [7, 11) is 0. The lowest BCUT2D eigenvalue weighted by molar-refractivity contribution is 0.101. The first-order valence-corrected chi connectivity index (χ1v) is 7.40. The van der Waals surface area contributed by atoms with Gasteiger partial charge in [0.1, 0.15) is 0 Å². The van der Waals surface area contributed by atoms with Gasteiger partial charge in [-0.05, 0) is 44.6 Å². The van der Waals surface area contributed by atoms with Crippen LogP contribution in [0.4, 0.5) is 0 Å². The maximum Gasteiger partial charge on any atom is 0.0706 e. The minimum Gasteiger partial charge on any atom is -0.393 e. The summed E-state index contributed by atoms with van der Waals surface area (Å²) in [5, 5.41) is 15.8. The average Bonchev–Trinajstić information content (AvgIpc) is 2.77. The third kappa shape index (κ3) is 2.52. The summed E-state index contributed by atoms with van der Waals surface area (Å²) < 4.78 is 2.09. The first-order valence-electron chi connectivity index (χ1n) is 7.40. The molecule has 0 radical (unpaired) electrons. The molecule has 0 spiro atoms. The lowest BCUT2D eigenvalue weighted by atomic mass is 9.84. The Kier molecular flexibility index (Phi) is 3.56. The van der Waals surface area contributed by atoms with Crippen LogP contribution in [0.3, 0.4) is 0 Å². The van der Waals surface area contributed by atoms with Crippen LogP contribution in [0.2, 0.25) is 0 Å². The summed E-state index contributed by atoms with van der Waals surface area (Å²) in [5.41, 5.74) is 2.44. The van der Waals surface area contributed by atoms with Gasteiger partial charge in [0.25, 0.3) is 0 Å². The van der Waals surface area contributed by atoms with Crippen molar-refractivity contribution < 1.29 is 5.11 Å². The highest BCUT2D eigenvalue weighted by Gasteiger charge is 2.22. The summed E-state index contributed by atoms with van der Waals surface area (Å²) in [6, 6.07) is 8.47. The van der Waals surface area contributed by atoms with Gasteiger partial charge >= 0.3 is 0 Å². The molecule has 3 rings (SSSR count). The van der Waals surface area contributed by atoms with Gasteiger partial charge in [-0.1, -0.05) is 24.6 Å². The Morgan fingerprint density at radius 2 is 2.16 bits per heavy atom. The van der Waals surface area contributed by atoms with Gasteiger partial charge in [-0.3, -0.25) is 4.68 Å². The molecule has 2 atom stereocenters. The Balaban J connectivity index is 1.88. The number of para-hydroxylation sites is 1. The molecule has 1 aromatic carbocycles. The maximum atomic E-state index is 9.80. The van der Waals surface area contributed by atoms with Crippen molar-refractivity contribution in [1.82, 2.24) is 9.78 Å². The van der Waals surface area contributed by atoms with E-state index < -0.39 is 0 Å². The van der Waals surface area contributed by atoms with Gasteiger partial charge in [0.15, 0.2) is 0 Å². The predicted molar refractivity (Wildman–Crippen MR) is 77.1 cm³/mol. The molecule has 1 aromatic heterocycles. The topological polar surface area (TPSA) is 38.0 Å². The van der Waals surface area contributed by atoms with Crippen molar-refractivity contribution in [2.75, 3.05) is 0 Å². The van der Waals surface area contributed by atoms with Gasteiger partial charge in [0.2, 0.25) is 0 Å². The summed E-state index contributed by atoms with van der Waals surface area (Å²) in [5.74, 6) is 0.590. The van der Waals surface area contributed by atoms with Crippen LogP contribution < -0.4 is 0 Å². The second-order valence-electron chi connectivity index (χ2n) is 5.67. The summed E-state index contributed by atoms with van der Waals surface area (Å²) in [6.45, 7) is 3.04. The Labute approximate surface area is 114 Å². The highest BCUT2D eigenvalue weighted by molar-refractivity contribution is 5.81. The van der Waals surface area contributed by atoms with Crippen LogP contribution in [-0.4, -0.2) is 21.0 Å². The van der Waals surface area contributed by atoms with Gasteiger partial charge in [0, 0.05) is 11.9 Å². The van der Waals surface area contributed by atoms with E-state index in [9.17, 15) is 5.11 Å². The van der Waals surface area contributed by atoms with Crippen LogP contribution in [0.5, 0.6) is 0 Å². The Bertz CT molecular complexity index is 561. The van der Waals surface area contributed by atoms with Gasteiger partial charge in [-0.15, -0.1) is 0 Å². The van der Waals surface area contributed by atoms with E-state index in [1.54, 1.807) is 0 Å². The summed E-state index contributed by atoms with van der Waals surface area (Å²) in [4.78, 5) is 0. The van der Waals surface area contributed by atoms with Crippen LogP contribution in [0.25, 0.3) is 10.9 Å². The van der Waals surface area contributed by atoms with Crippen molar-refractivity contribution in [3.63, 3.8) is 0 Å². The number of benzene rings is 1. The molecule has 0 aliphatic heterocycles. The molecule has 102 valence electrons. The van der Waals surface area contributed by atoms with Crippen molar-refractivity contribution >= 4 is 10.9 Å². The molecule has 0 amide bonds. The van der Waals surface area contributed by atoms with Gasteiger partial charge < -0.3 is 5.11 Å². The highest BCUT2D eigenvalue weighted by Crippen LogP contribution is 2.29. The first-order chi connectivity index (χ1) is 9.28. The normalized spacial score (nSPS) is 23.9. The molecule has 1 aliphatic carbocycles. The van der Waals surface area contributed by atoms with Crippen LogP contribution in [-0.2, 0) is 13.0 Å². The Morgan fingerprint density at radius 3 is 2.95 bits per heavy atom. The standard InChI is InChI=1S/C16H22N2O/c1-2-18-16-9-4-3-8-14(16)15(17-18)11-12-6-5-7-13(19)10-12/h3-4,8-9,12-13,19H,2,5-7,10-11H2,1H3. The largest absolute Gasteiger partial charge is 0.393 e. The molecule has 0 saturated heterocycles. The summed E-state index contributed by atoms with van der Waals surface area (Å²) >= 11 is 0. The molecular formula is C16H22N2O. The fourth-order valence-electron chi connectivity index (χ4n) is 3.31. The van der Waals surface area contributed by atoms with E-state index in [1.165, 1.54) is 23.0 Å². The average molecular weight is 258 g/mol. The molecule has 1 heterocycles. The Hall–Kier alpha value is -1.35. The quantitative estimate of drug-likeness (QED) is 0.918. The van der Waals surface area contributed by atoms with E-state index >= 15 is 0 Å². The zero-order valence-electron chi connectivity index (χ0n) is 11.5. The number of aliphatic hydroxyl groups is 1. The molecule has 1 N–H and O–H groups in total. The van der Waals surface area contributed by atoms with Crippen LogP contribution in [0.1, 0.15) is 38.3 Å². The minimum absolute atomic E-state index is 0.0988. The zero-order valence-corrected chi connectivity index (χ0v) is 11.5. The van der Waals surface area contributed by atoms with Crippen LogP contribution >= 0.6 is 0 Å². The van der Waals surface area contributed by atoms with Crippen molar-refractivity contribution in [3.05, 3.63) is 30.0 Å². The van der Waals surface area contributed by atoms with Crippen molar-refractivity contribution in [1.29, 1.82) is 0 Å². The van der Waals surface area contributed by atoms with Gasteiger partial charge in [-0.25, -0.2) is 0 Å². The minimum atomic E-state index is -0.0988. The van der Waals surface area contributed by atoms with E-state index in [4.69, 9.17) is 5.10 Å². The first kappa shape index (κ1) is 12.7. The van der Waals surface area contributed by atoms with Gasteiger partial charge in [0.05, 0.1) is 17.3 Å². The lowest BCUT2D eigenvalue weighted by Crippen LogP contribution is -2.21. The maximum absolute atomic E-state index is 9.80. The molecule has 0 bridgehead atoms. The van der Waals surface area contributed by atoms with Crippen molar-refractivity contribution in [2.45, 2.75) is 51.7 Å². The lowest BCUT2D eigenvalue weighted by Gasteiger charge is -2.25. The molecule has 2 aromatic rings. The van der Waals surface area contributed by atoms with E-state index in [2.05, 4.69) is 35.9 Å². The van der Waals surface area contributed by atoms with Crippen molar-refractivity contribution in [3.8, 4) is 0 Å². The van der Waals surface area contributed by atoms with E-state index in [-0.39, 0.29) is 6.10 Å². The number of nitrogens with zero attached hydrogens (tertiary/aromatic N) is 2. The smallest absolute Gasteiger partial charge is 0.0706 e. The molecule has 1 fully saturated rings. The number of hydrogen-bond donors (Lipinski definition) is 1. The zero-order chi connectivity index (χ0) is 13.2. The molecule has 1 saturated carbocycles. The molecule has 2 unspecified atom stereocenters. The van der Waals surface area contributed by atoms with E-state index in [1.807, 2.05) is 0 Å². The molecule has 3 heteroatoms. The highest BCUT2D eigenvalue weighted by atomic mass is 16.3. The Morgan fingerprint density at radius 1 is 1.32 bits per heavy atom. The number of hydrogen-bond acceptors (Lipinski definition) is 2. The van der Waals surface area contributed by atoms with Crippen LogP contribution in [0.15, 0.2) is 24.3 Å². The SMILES string of the molecule is CCn1nc(CC2CCCC(O)C2)c2ccccc21. The van der Waals surface area contributed by atoms with Gasteiger partial charge in [-0.2, -0.15) is 5.10 Å². The fourth-order valence-corrected chi connectivity index (χ4v) is 3.31. The predicted octanol–water partition coefficient (Wildman–Crippen LogP) is 3.15. The number of aromatic nitrogens is 2. The van der Waals surface area contributed by atoms with E-state index in [0.717, 1.165) is 32.2 Å². The third-order valence-corrected chi connectivity index (χ3v) is 4.27. The fraction of sp³-hybridized carbons (Fsp3) is 0.562. The molecule has 1 aliphatic rings. The number of fused-ring (bicyclic) bond motifs is 1. The third-order valence-electron chi connectivity index (χ3n) is 4.27. The summed E-state index contributed by atoms with van der Waals surface area (Å²) in [6.07, 6.45) is 5.19. The van der Waals surface area contributed by atoms with Crippen LogP contribution in [0, 0.1) is 5.92 Å². The van der Waals surface area contributed by atoms with E-state index in [0.29, 0.717) is 5.92 Å². The molecule has 3 nitrogen and oxygen atoms in total. The molecule has 19 heavy (non-hydrogen) atoms. The number of rotatable bonds is 3. The number of aliphatic hydroxyl groups excluding tert-OH is 1. The second-order valence-corrected chi connectivity index (χ2v) is 5.67. The van der Waals surface area contributed by atoms with Crippen molar-refractivity contribution in [2.24, 2.45) is 5.92 Å².